The molecule has 0 spiro atoms. The summed E-state index contributed by atoms with van der Waals surface area (Å²) in [6.07, 6.45) is 26.8. The van der Waals surface area contributed by atoms with Crippen molar-refractivity contribution >= 4 is 23.8 Å². The number of esters is 3. The summed E-state index contributed by atoms with van der Waals surface area (Å²) >= 11 is 0. The second-order valence-corrected chi connectivity index (χ2v) is 19.2. The van der Waals surface area contributed by atoms with Crippen LogP contribution in [0.4, 0.5) is 0 Å². The van der Waals surface area contributed by atoms with Gasteiger partial charge in [-0.3, -0.25) is 19.2 Å². The second kappa shape index (κ2) is 41.7. The molecule has 388 valence electrons. The summed E-state index contributed by atoms with van der Waals surface area (Å²) < 4.78 is 23.7. The molecule has 12 heteroatoms. The van der Waals surface area contributed by atoms with E-state index >= 15 is 0 Å². The van der Waals surface area contributed by atoms with E-state index in [4.69, 9.17) is 18.9 Å². The monoisotopic (exact) mass is 940 g/mol. The Morgan fingerprint density at radius 1 is 0.470 bits per heavy atom. The highest BCUT2D eigenvalue weighted by Crippen LogP contribution is 2.37. The number of nitrogens with zero attached hydrogens (tertiary/aromatic N) is 1. The topological polar surface area (TPSA) is 169 Å². The van der Waals surface area contributed by atoms with Crippen molar-refractivity contribution < 1.29 is 53.4 Å². The van der Waals surface area contributed by atoms with E-state index in [2.05, 4.69) is 27.7 Å². The zero-order valence-electron chi connectivity index (χ0n) is 43.0. The molecule has 0 aliphatic carbocycles. The first kappa shape index (κ1) is 61.7. The molecule has 1 fully saturated rings. The molecule has 3 N–H and O–H groups in total. The number of unbranched alkanes of at least 4 members (excludes halogenated alkanes) is 26. The predicted octanol–water partition coefficient (Wildman–Crippen LogP) is 12.1. The van der Waals surface area contributed by atoms with Crippen molar-refractivity contribution in [2.75, 3.05) is 13.2 Å². The van der Waals surface area contributed by atoms with Crippen molar-refractivity contribution in [2.24, 2.45) is 0 Å². The van der Waals surface area contributed by atoms with E-state index in [1.165, 1.54) is 81.9 Å². The van der Waals surface area contributed by atoms with Crippen molar-refractivity contribution in [3.63, 3.8) is 0 Å². The molecule has 0 saturated carbocycles. The van der Waals surface area contributed by atoms with Crippen molar-refractivity contribution in [3.05, 3.63) is 0 Å². The molecule has 0 aromatic carbocycles. The Morgan fingerprint density at radius 2 is 0.833 bits per heavy atom. The summed E-state index contributed by atoms with van der Waals surface area (Å²) in [4.78, 5) is 55.5. The largest absolute Gasteiger partial charge is 0.462 e. The minimum atomic E-state index is -1.75. The fourth-order valence-corrected chi connectivity index (χ4v) is 8.92. The van der Waals surface area contributed by atoms with Crippen molar-refractivity contribution in [3.8, 4) is 0 Å². The van der Waals surface area contributed by atoms with Gasteiger partial charge >= 0.3 is 17.9 Å². The van der Waals surface area contributed by atoms with Crippen LogP contribution in [0.5, 0.6) is 0 Å². The lowest BCUT2D eigenvalue weighted by molar-refractivity contribution is -0.168. The quantitative estimate of drug-likeness (QED) is 0.0230. The highest BCUT2D eigenvalue weighted by molar-refractivity contribution is 5.81. The molecule has 0 aromatic rings. The Hall–Kier alpha value is -2.28. The number of carbonyl (C=O) groups excluding carboxylic acids is 4. The Kier molecular flexibility index (Phi) is 39.0. The maximum absolute atomic E-state index is 14.1. The number of amides is 1. The summed E-state index contributed by atoms with van der Waals surface area (Å²) in [7, 11) is 0. The lowest BCUT2D eigenvalue weighted by Crippen LogP contribution is -2.47. The smallest absolute Gasteiger partial charge is 0.310 e. The third-order valence-corrected chi connectivity index (χ3v) is 13.1. The van der Waals surface area contributed by atoms with Gasteiger partial charge in [-0.15, -0.1) is 0 Å². The predicted molar refractivity (Wildman–Crippen MR) is 264 cm³/mol. The molecule has 1 rings (SSSR count). The Bertz CT molecular complexity index is 1200. The van der Waals surface area contributed by atoms with Crippen LogP contribution in [0.1, 0.15) is 266 Å². The molecule has 7 atom stereocenters. The van der Waals surface area contributed by atoms with E-state index in [9.17, 15) is 34.5 Å². The van der Waals surface area contributed by atoms with E-state index in [0.29, 0.717) is 25.7 Å². The SMILES string of the molecule is CCCCCCCCCCC[C@H](CC(=O)OC(C(O)C(O)CO)C1C(OCC)N1C(=O)C[C@@H](CCCCCCCCCCC)OC(=O)CCCCCCCC)OC(=O)CCCCCCCC. The van der Waals surface area contributed by atoms with Gasteiger partial charge in [-0.2, -0.15) is 0 Å². The minimum absolute atomic E-state index is 0.103. The number of rotatable bonds is 47. The average molecular weight is 940 g/mol. The minimum Gasteiger partial charge on any atom is -0.462 e. The third kappa shape index (κ3) is 30.3. The Labute approximate surface area is 402 Å². The number of aliphatic hydroxyl groups is 3. The first-order chi connectivity index (χ1) is 32.1. The van der Waals surface area contributed by atoms with Crippen molar-refractivity contribution in [1.82, 2.24) is 4.90 Å². The molecular weight excluding hydrogens is 839 g/mol. The van der Waals surface area contributed by atoms with Crippen LogP contribution in [0, 0.1) is 0 Å². The van der Waals surface area contributed by atoms with Crippen LogP contribution in [0.3, 0.4) is 0 Å². The van der Waals surface area contributed by atoms with Crippen LogP contribution in [0.25, 0.3) is 0 Å². The van der Waals surface area contributed by atoms with E-state index < -0.39 is 55.4 Å². The fourth-order valence-electron chi connectivity index (χ4n) is 8.92. The number of ether oxygens (including phenoxy) is 4. The number of hydrogen-bond acceptors (Lipinski definition) is 11. The van der Waals surface area contributed by atoms with Gasteiger partial charge in [0.2, 0.25) is 5.91 Å². The van der Waals surface area contributed by atoms with Gasteiger partial charge in [-0.05, 0) is 45.4 Å². The number of hydrogen-bond donors (Lipinski definition) is 3. The number of carbonyl (C=O) groups is 4. The van der Waals surface area contributed by atoms with Gasteiger partial charge in [0.1, 0.15) is 30.5 Å². The second-order valence-electron chi connectivity index (χ2n) is 19.2. The maximum Gasteiger partial charge on any atom is 0.310 e. The van der Waals surface area contributed by atoms with E-state index in [0.717, 1.165) is 109 Å². The van der Waals surface area contributed by atoms with Crippen molar-refractivity contribution in [2.45, 2.75) is 309 Å². The maximum atomic E-state index is 14.1. The normalized spacial score (nSPS) is 16.9. The van der Waals surface area contributed by atoms with Crippen LogP contribution in [-0.4, -0.2) is 100 Å². The standard InChI is InChI=1S/C54H101NO11/c1-6-11-15-19-23-25-27-29-33-37-44(64-48(59)39-35-31-21-17-13-8-3)41-47(58)55-51(54(55)63-10-5)53(52(62)46(57)43-56)66-50(61)42-45(38-34-30-28-26-24-20-16-12-7-2)65-49(60)40-36-32-22-18-14-9-4/h44-46,51-54,56-57,62H,6-43H2,1-5H3/t44-,45-,46?,51?,52?,53?,54?,55?/m1/s1. The highest BCUT2D eigenvalue weighted by Gasteiger charge is 2.60. The summed E-state index contributed by atoms with van der Waals surface area (Å²) in [6.45, 7) is 9.94. The summed E-state index contributed by atoms with van der Waals surface area (Å²) in [6, 6.07) is -0.962. The van der Waals surface area contributed by atoms with E-state index in [1.54, 1.807) is 6.92 Å². The Morgan fingerprint density at radius 3 is 1.21 bits per heavy atom. The zero-order chi connectivity index (χ0) is 48.6. The summed E-state index contributed by atoms with van der Waals surface area (Å²) in [5.74, 6) is -1.81. The van der Waals surface area contributed by atoms with Crippen LogP contribution in [0.15, 0.2) is 0 Å². The van der Waals surface area contributed by atoms with Gasteiger partial charge in [-0.1, -0.05) is 195 Å². The molecule has 1 heterocycles. The van der Waals surface area contributed by atoms with Crippen LogP contribution >= 0.6 is 0 Å². The lowest BCUT2D eigenvalue weighted by atomic mass is 10.0. The fraction of sp³-hybridized carbons (Fsp3) is 0.926. The molecule has 12 nitrogen and oxygen atoms in total. The molecule has 0 bridgehead atoms. The van der Waals surface area contributed by atoms with Crippen LogP contribution < -0.4 is 0 Å². The van der Waals surface area contributed by atoms with Gasteiger partial charge in [0, 0.05) is 19.4 Å². The first-order valence-electron chi connectivity index (χ1n) is 27.6. The molecule has 66 heavy (non-hydrogen) atoms. The summed E-state index contributed by atoms with van der Waals surface area (Å²) in [5, 5.41) is 31.8. The molecule has 0 aromatic heterocycles. The third-order valence-electron chi connectivity index (χ3n) is 13.1. The highest BCUT2D eigenvalue weighted by atomic mass is 16.6. The molecule has 1 aliphatic heterocycles. The van der Waals surface area contributed by atoms with Gasteiger partial charge in [0.05, 0.1) is 19.4 Å². The number of aliphatic hydroxyl groups excluding tert-OH is 3. The van der Waals surface area contributed by atoms with Crippen LogP contribution in [0.2, 0.25) is 0 Å². The zero-order valence-corrected chi connectivity index (χ0v) is 43.0. The van der Waals surface area contributed by atoms with Crippen molar-refractivity contribution in [1.29, 1.82) is 0 Å². The van der Waals surface area contributed by atoms with Gasteiger partial charge in [0.25, 0.3) is 0 Å². The Balaban J connectivity index is 3.12. The molecule has 0 radical (unpaired) electrons. The van der Waals surface area contributed by atoms with Crippen LogP contribution in [-0.2, 0) is 38.1 Å². The molecule has 1 amide bonds. The van der Waals surface area contributed by atoms with E-state index in [1.807, 2.05) is 0 Å². The first-order valence-corrected chi connectivity index (χ1v) is 27.6. The van der Waals surface area contributed by atoms with Gasteiger partial charge in [0.15, 0.2) is 12.3 Å². The average Bonchev–Trinajstić information content (AvgIpc) is 4.01. The molecular formula is C54H101NO11. The van der Waals surface area contributed by atoms with E-state index in [-0.39, 0.29) is 43.7 Å². The van der Waals surface area contributed by atoms with Gasteiger partial charge in [-0.25, -0.2) is 0 Å². The molecule has 1 saturated heterocycles. The lowest BCUT2D eigenvalue weighted by Gasteiger charge is -2.27. The summed E-state index contributed by atoms with van der Waals surface area (Å²) in [5.41, 5.74) is 0. The molecule has 5 unspecified atom stereocenters. The van der Waals surface area contributed by atoms with Gasteiger partial charge < -0.3 is 39.2 Å². The molecule has 1 aliphatic rings.